The first-order chi connectivity index (χ1) is 9.70. The summed E-state index contributed by atoms with van der Waals surface area (Å²) in [7, 11) is 0. The van der Waals surface area contributed by atoms with Crippen LogP contribution in [-0.4, -0.2) is 16.7 Å². The number of nitriles is 1. The normalized spacial score (nSPS) is 11.3. The van der Waals surface area contributed by atoms with Crippen LogP contribution in [0.15, 0.2) is 47.4 Å². The Kier molecular flexibility index (Phi) is 4.24. The number of hydrogen-bond donors (Lipinski definition) is 1. The third kappa shape index (κ3) is 3.29. The number of furan rings is 1. The summed E-state index contributed by atoms with van der Waals surface area (Å²) in [4.78, 5) is 27.7. The molecule has 0 bridgehead atoms. The molecule has 0 aliphatic rings. The van der Waals surface area contributed by atoms with Crippen molar-refractivity contribution in [1.82, 2.24) is 4.98 Å². The minimum absolute atomic E-state index is 0.0234. The first kappa shape index (κ1) is 13.5. The highest BCUT2D eigenvalue weighted by Crippen LogP contribution is 2.09. The smallest absolute Gasteiger partial charge is 0.250 e. The van der Waals surface area contributed by atoms with Crippen LogP contribution in [-0.2, 0) is 16.0 Å². The lowest BCUT2D eigenvalue weighted by molar-refractivity contribution is -0.128. The fourth-order valence-corrected chi connectivity index (χ4v) is 1.61. The zero-order valence-corrected chi connectivity index (χ0v) is 10.4. The monoisotopic (exact) mass is 269 g/mol. The summed E-state index contributed by atoms with van der Waals surface area (Å²) in [5.41, 5.74) is 0.626. The van der Waals surface area contributed by atoms with Crippen LogP contribution in [0.5, 0.6) is 0 Å². The second-order valence-corrected chi connectivity index (χ2v) is 4.04. The predicted octanol–water partition coefficient (Wildman–Crippen LogP) is 1.56. The number of nitrogens with one attached hydrogen (secondary N) is 1. The number of pyridine rings is 1. The van der Waals surface area contributed by atoms with Gasteiger partial charge in [-0.15, -0.1) is 0 Å². The maximum Gasteiger partial charge on any atom is 0.250 e. The molecule has 6 nitrogen and oxygen atoms in total. The zero-order chi connectivity index (χ0) is 14.4. The molecule has 0 radical (unpaired) electrons. The van der Waals surface area contributed by atoms with Gasteiger partial charge in [0.2, 0.25) is 0 Å². The number of anilines is 1. The quantitative estimate of drug-likeness (QED) is 0.831. The Bertz CT molecular complexity index is 629. The molecule has 2 rings (SSSR count). The van der Waals surface area contributed by atoms with Gasteiger partial charge in [0, 0.05) is 12.6 Å². The molecular weight excluding hydrogens is 258 g/mol. The molecule has 0 saturated heterocycles. The van der Waals surface area contributed by atoms with E-state index in [0.29, 0.717) is 11.4 Å². The molecule has 0 unspecified atom stereocenters. The molecule has 0 aliphatic heterocycles. The molecule has 0 spiro atoms. The molecule has 0 saturated carbocycles. The van der Waals surface area contributed by atoms with Gasteiger partial charge in [-0.05, 0) is 23.8 Å². The van der Waals surface area contributed by atoms with Crippen molar-refractivity contribution >= 4 is 17.5 Å². The number of hydrogen-bond acceptors (Lipinski definition) is 5. The molecule has 2 aromatic rings. The lowest BCUT2D eigenvalue weighted by Crippen LogP contribution is -2.29. The van der Waals surface area contributed by atoms with E-state index in [-0.39, 0.29) is 6.42 Å². The van der Waals surface area contributed by atoms with Crippen LogP contribution in [0.3, 0.4) is 0 Å². The van der Waals surface area contributed by atoms with Gasteiger partial charge in [0.25, 0.3) is 5.91 Å². The largest absolute Gasteiger partial charge is 0.472 e. The van der Waals surface area contributed by atoms with Crippen molar-refractivity contribution < 1.29 is 14.0 Å². The Labute approximate surface area is 115 Å². The van der Waals surface area contributed by atoms with E-state index in [9.17, 15) is 9.59 Å². The molecule has 100 valence electrons. The molecule has 1 amide bonds. The summed E-state index contributed by atoms with van der Waals surface area (Å²) in [5.74, 6) is -2.23. The summed E-state index contributed by atoms with van der Waals surface area (Å²) >= 11 is 0. The third-order valence-corrected chi connectivity index (χ3v) is 2.59. The molecule has 2 aromatic heterocycles. The van der Waals surface area contributed by atoms with Crippen LogP contribution in [0.1, 0.15) is 5.56 Å². The Morgan fingerprint density at radius 1 is 1.40 bits per heavy atom. The van der Waals surface area contributed by atoms with Gasteiger partial charge in [-0.25, -0.2) is 4.98 Å². The first-order valence-electron chi connectivity index (χ1n) is 5.86. The SMILES string of the molecule is N#C[C@@H](C(=O)Cc1ccoc1)C(=O)Nc1ccccn1. The minimum atomic E-state index is -1.37. The number of rotatable bonds is 5. The van der Waals surface area contributed by atoms with Crippen molar-refractivity contribution in [3.8, 4) is 6.07 Å². The fourth-order valence-electron chi connectivity index (χ4n) is 1.61. The van der Waals surface area contributed by atoms with Crippen molar-refractivity contribution in [2.45, 2.75) is 6.42 Å². The van der Waals surface area contributed by atoms with Crippen molar-refractivity contribution in [3.63, 3.8) is 0 Å². The van der Waals surface area contributed by atoms with Crippen LogP contribution in [0, 0.1) is 17.2 Å². The topological polar surface area (TPSA) is 96.0 Å². The van der Waals surface area contributed by atoms with E-state index in [2.05, 4.69) is 10.3 Å². The molecule has 0 aliphatic carbocycles. The number of nitrogens with zero attached hydrogens (tertiary/aromatic N) is 2. The molecular formula is C14H11N3O3. The average Bonchev–Trinajstić information content (AvgIpc) is 2.93. The summed E-state index contributed by atoms with van der Waals surface area (Å²) in [5, 5.41) is 11.4. The summed E-state index contributed by atoms with van der Waals surface area (Å²) < 4.78 is 4.84. The Morgan fingerprint density at radius 2 is 2.25 bits per heavy atom. The van der Waals surface area contributed by atoms with Gasteiger partial charge >= 0.3 is 0 Å². The van der Waals surface area contributed by atoms with E-state index in [0.717, 1.165) is 0 Å². The number of Topliss-reactive ketones (excluding diaryl/α,β-unsaturated/α-hetero) is 1. The highest BCUT2D eigenvalue weighted by Gasteiger charge is 2.26. The van der Waals surface area contributed by atoms with Crippen LogP contribution in [0.4, 0.5) is 5.82 Å². The van der Waals surface area contributed by atoms with E-state index in [4.69, 9.17) is 9.68 Å². The second kappa shape index (κ2) is 6.29. The lowest BCUT2D eigenvalue weighted by Gasteiger charge is -2.08. The zero-order valence-electron chi connectivity index (χ0n) is 10.4. The van der Waals surface area contributed by atoms with Gasteiger partial charge in [-0.2, -0.15) is 5.26 Å². The highest BCUT2D eigenvalue weighted by molar-refractivity contribution is 6.09. The molecule has 0 aromatic carbocycles. The molecule has 6 heteroatoms. The maximum atomic E-state index is 11.9. The fraction of sp³-hybridized carbons (Fsp3) is 0.143. The van der Waals surface area contributed by atoms with Crippen LogP contribution >= 0.6 is 0 Å². The van der Waals surface area contributed by atoms with E-state index in [1.54, 1.807) is 30.3 Å². The van der Waals surface area contributed by atoms with E-state index < -0.39 is 17.6 Å². The van der Waals surface area contributed by atoms with Gasteiger partial charge in [0.05, 0.1) is 18.6 Å². The summed E-state index contributed by atoms with van der Waals surface area (Å²) in [6.45, 7) is 0. The number of ketones is 1. The van der Waals surface area contributed by atoms with Crippen LogP contribution in [0.2, 0.25) is 0 Å². The lowest BCUT2D eigenvalue weighted by atomic mass is 9.99. The second-order valence-electron chi connectivity index (χ2n) is 4.04. The van der Waals surface area contributed by atoms with Crippen LogP contribution in [0.25, 0.3) is 0 Å². The predicted molar refractivity (Wildman–Crippen MR) is 69.4 cm³/mol. The Hall–Kier alpha value is -2.94. The number of aromatic nitrogens is 1. The Balaban J connectivity index is 2.02. The first-order valence-corrected chi connectivity index (χ1v) is 5.86. The minimum Gasteiger partial charge on any atom is -0.472 e. The molecule has 20 heavy (non-hydrogen) atoms. The third-order valence-electron chi connectivity index (χ3n) is 2.59. The van der Waals surface area contributed by atoms with Crippen LogP contribution < -0.4 is 5.32 Å². The summed E-state index contributed by atoms with van der Waals surface area (Å²) in [6.07, 6.45) is 4.32. The summed E-state index contributed by atoms with van der Waals surface area (Å²) in [6, 6.07) is 8.29. The maximum absolute atomic E-state index is 11.9. The molecule has 1 N–H and O–H groups in total. The molecule has 1 atom stereocenters. The van der Waals surface area contributed by atoms with Crippen molar-refractivity contribution in [3.05, 3.63) is 48.6 Å². The van der Waals surface area contributed by atoms with Crippen molar-refractivity contribution in [2.24, 2.45) is 5.92 Å². The van der Waals surface area contributed by atoms with Gasteiger partial charge in [-0.3, -0.25) is 9.59 Å². The average molecular weight is 269 g/mol. The van der Waals surface area contributed by atoms with E-state index in [1.807, 2.05) is 0 Å². The van der Waals surface area contributed by atoms with Gasteiger partial charge < -0.3 is 9.73 Å². The molecule has 0 fully saturated rings. The van der Waals surface area contributed by atoms with E-state index in [1.165, 1.54) is 18.7 Å². The number of carbonyl (C=O) groups is 2. The van der Waals surface area contributed by atoms with Crippen molar-refractivity contribution in [2.75, 3.05) is 5.32 Å². The molecule has 2 heterocycles. The standard InChI is InChI=1S/C14H11N3O3/c15-8-11(12(18)7-10-4-6-20-9-10)14(19)17-13-3-1-2-5-16-13/h1-6,9,11H,7H2,(H,16,17,19)/t11-/m0/s1. The number of carbonyl (C=O) groups excluding carboxylic acids is 2. The van der Waals surface area contributed by atoms with Gasteiger partial charge in [0.15, 0.2) is 11.7 Å². The number of amides is 1. The Morgan fingerprint density at radius 3 is 2.85 bits per heavy atom. The van der Waals surface area contributed by atoms with Crippen molar-refractivity contribution in [1.29, 1.82) is 5.26 Å². The highest BCUT2D eigenvalue weighted by atomic mass is 16.3. The van der Waals surface area contributed by atoms with E-state index >= 15 is 0 Å². The van der Waals surface area contributed by atoms with Gasteiger partial charge in [-0.1, -0.05) is 6.07 Å². The van der Waals surface area contributed by atoms with Gasteiger partial charge in [0.1, 0.15) is 5.82 Å².